The monoisotopic (exact) mass is 245 g/mol. The topological polar surface area (TPSA) is 37.8 Å². The molecular formula is C15H23N3. The van der Waals surface area contributed by atoms with E-state index in [1.165, 1.54) is 18.4 Å². The molecule has 1 heterocycles. The van der Waals surface area contributed by atoms with Crippen molar-refractivity contribution in [1.82, 2.24) is 15.3 Å². The molecule has 1 aromatic rings. The summed E-state index contributed by atoms with van der Waals surface area (Å²) in [5, 5.41) is 3.50. The molecule has 3 heteroatoms. The molecule has 1 N–H and O–H groups in total. The van der Waals surface area contributed by atoms with Gasteiger partial charge in [0.05, 0.1) is 11.4 Å². The SMILES string of the molecule is CC1=CC(C)CC(CNCc2cnc(C)cn2)C1. The van der Waals surface area contributed by atoms with Gasteiger partial charge in [-0.05, 0) is 45.1 Å². The van der Waals surface area contributed by atoms with Crippen LogP contribution in [0.2, 0.25) is 0 Å². The smallest absolute Gasteiger partial charge is 0.0724 e. The van der Waals surface area contributed by atoms with Gasteiger partial charge in [-0.2, -0.15) is 0 Å². The van der Waals surface area contributed by atoms with Crippen molar-refractivity contribution in [3.8, 4) is 0 Å². The van der Waals surface area contributed by atoms with Gasteiger partial charge in [-0.1, -0.05) is 18.6 Å². The van der Waals surface area contributed by atoms with Gasteiger partial charge >= 0.3 is 0 Å². The molecule has 1 aromatic heterocycles. The molecule has 98 valence electrons. The van der Waals surface area contributed by atoms with Gasteiger partial charge < -0.3 is 5.32 Å². The van der Waals surface area contributed by atoms with E-state index in [1.54, 1.807) is 0 Å². The molecule has 0 saturated heterocycles. The Balaban J connectivity index is 1.76. The Morgan fingerprint density at radius 3 is 2.78 bits per heavy atom. The summed E-state index contributed by atoms with van der Waals surface area (Å²) in [6.07, 6.45) is 8.62. The third-order valence-electron chi connectivity index (χ3n) is 3.46. The third kappa shape index (κ3) is 3.91. The van der Waals surface area contributed by atoms with Crippen LogP contribution in [0.4, 0.5) is 0 Å². The van der Waals surface area contributed by atoms with Crippen molar-refractivity contribution < 1.29 is 0 Å². The molecule has 2 atom stereocenters. The molecule has 0 amide bonds. The van der Waals surface area contributed by atoms with Crippen LogP contribution in [-0.4, -0.2) is 16.5 Å². The minimum absolute atomic E-state index is 0.727. The first-order valence-corrected chi connectivity index (χ1v) is 6.79. The number of hydrogen-bond donors (Lipinski definition) is 1. The molecule has 2 unspecified atom stereocenters. The second kappa shape index (κ2) is 6.10. The van der Waals surface area contributed by atoms with Crippen LogP contribution in [-0.2, 0) is 6.54 Å². The van der Waals surface area contributed by atoms with Crippen molar-refractivity contribution in [2.45, 2.75) is 40.2 Å². The van der Waals surface area contributed by atoms with E-state index in [9.17, 15) is 0 Å². The molecule has 1 aliphatic carbocycles. The molecule has 0 bridgehead atoms. The lowest BCUT2D eigenvalue weighted by atomic mass is 9.84. The minimum Gasteiger partial charge on any atom is -0.311 e. The predicted molar refractivity (Wildman–Crippen MR) is 74.1 cm³/mol. The first-order valence-electron chi connectivity index (χ1n) is 6.79. The number of rotatable bonds is 4. The summed E-state index contributed by atoms with van der Waals surface area (Å²) in [4.78, 5) is 8.61. The molecule has 0 aliphatic heterocycles. The van der Waals surface area contributed by atoms with Gasteiger partial charge in [-0.3, -0.25) is 9.97 Å². The summed E-state index contributed by atoms with van der Waals surface area (Å²) in [6, 6.07) is 0. The van der Waals surface area contributed by atoms with Crippen LogP contribution in [0, 0.1) is 18.8 Å². The van der Waals surface area contributed by atoms with Gasteiger partial charge in [0.1, 0.15) is 0 Å². The summed E-state index contributed by atoms with van der Waals surface area (Å²) in [5.41, 5.74) is 3.54. The van der Waals surface area contributed by atoms with E-state index < -0.39 is 0 Å². The summed E-state index contributed by atoms with van der Waals surface area (Å²) >= 11 is 0. The fourth-order valence-corrected chi connectivity index (χ4v) is 2.76. The highest BCUT2D eigenvalue weighted by Gasteiger charge is 2.17. The summed E-state index contributed by atoms with van der Waals surface area (Å²) in [6.45, 7) is 8.41. The third-order valence-corrected chi connectivity index (χ3v) is 3.46. The van der Waals surface area contributed by atoms with Crippen LogP contribution in [0.1, 0.15) is 38.1 Å². The molecule has 1 aliphatic rings. The Morgan fingerprint density at radius 1 is 1.28 bits per heavy atom. The van der Waals surface area contributed by atoms with E-state index in [0.717, 1.165) is 36.3 Å². The average Bonchev–Trinajstić information content (AvgIpc) is 2.30. The number of hydrogen-bond acceptors (Lipinski definition) is 3. The van der Waals surface area contributed by atoms with E-state index in [0.29, 0.717) is 0 Å². The zero-order chi connectivity index (χ0) is 13.0. The van der Waals surface area contributed by atoms with Gasteiger partial charge in [0.15, 0.2) is 0 Å². The zero-order valence-corrected chi connectivity index (χ0v) is 11.6. The standard InChI is InChI=1S/C15H23N3/c1-11-4-12(2)6-14(5-11)8-16-9-15-10-17-13(3)7-18-15/h4,7,10-11,14,16H,5-6,8-9H2,1-3H3. The largest absolute Gasteiger partial charge is 0.311 e. The summed E-state index contributed by atoms with van der Waals surface area (Å²) < 4.78 is 0. The van der Waals surface area contributed by atoms with Gasteiger partial charge in [0.2, 0.25) is 0 Å². The maximum Gasteiger partial charge on any atom is 0.0724 e. The van der Waals surface area contributed by atoms with E-state index in [1.807, 2.05) is 19.3 Å². The Kier molecular flexibility index (Phi) is 4.48. The normalized spacial score (nSPS) is 23.8. The lowest BCUT2D eigenvalue weighted by molar-refractivity contribution is 0.380. The van der Waals surface area contributed by atoms with Crippen LogP contribution >= 0.6 is 0 Å². The summed E-state index contributed by atoms with van der Waals surface area (Å²) in [7, 11) is 0. The molecular weight excluding hydrogens is 222 g/mol. The molecule has 2 rings (SSSR count). The molecule has 0 saturated carbocycles. The lowest BCUT2D eigenvalue weighted by Crippen LogP contribution is -2.26. The van der Waals surface area contributed by atoms with Gasteiger partial charge in [-0.15, -0.1) is 0 Å². The van der Waals surface area contributed by atoms with Crippen LogP contribution in [0.5, 0.6) is 0 Å². The Hall–Kier alpha value is -1.22. The fourth-order valence-electron chi connectivity index (χ4n) is 2.76. The number of nitrogens with one attached hydrogen (secondary N) is 1. The van der Waals surface area contributed by atoms with E-state index in [-0.39, 0.29) is 0 Å². The Labute approximate surface area is 110 Å². The molecule has 0 radical (unpaired) electrons. The summed E-state index contributed by atoms with van der Waals surface area (Å²) in [5.74, 6) is 1.49. The maximum atomic E-state index is 4.35. The van der Waals surface area contributed by atoms with Crippen molar-refractivity contribution >= 4 is 0 Å². The van der Waals surface area contributed by atoms with Crippen LogP contribution in [0.25, 0.3) is 0 Å². The van der Waals surface area contributed by atoms with E-state index >= 15 is 0 Å². The molecule has 3 nitrogen and oxygen atoms in total. The highest BCUT2D eigenvalue weighted by molar-refractivity contribution is 5.06. The van der Waals surface area contributed by atoms with E-state index in [2.05, 4.69) is 35.2 Å². The van der Waals surface area contributed by atoms with E-state index in [4.69, 9.17) is 0 Å². The maximum absolute atomic E-state index is 4.35. The quantitative estimate of drug-likeness (QED) is 0.829. The first-order chi connectivity index (χ1) is 8.63. The number of nitrogens with zero attached hydrogens (tertiary/aromatic N) is 2. The zero-order valence-electron chi connectivity index (χ0n) is 11.6. The molecule has 0 spiro atoms. The number of allylic oxidation sites excluding steroid dienone is 2. The number of aryl methyl sites for hydroxylation is 1. The van der Waals surface area contributed by atoms with Crippen molar-refractivity contribution in [1.29, 1.82) is 0 Å². The second-order valence-electron chi connectivity index (χ2n) is 5.58. The highest BCUT2D eigenvalue weighted by Crippen LogP contribution is 2.27. The molecule has 0 fully saturated rings. The van der Waals surface area contributed by atoms with Crippen molar-refractivity contribution in [3.05, 3.63) is 35.4 Å². The molecule has 0 aromatic carbocycles. The van der Waals surface area contributed by atoms with Crippen molar-refractivity contribution in [3.63, 3.8) is 0 Å². The Bertz CT molecular complexity index is 408. The molecule has 18 heavy (non-hydrogen) atoms. The lowest BCUT2D eigenvalue weighted by Gasteiger charge is -2.25. The Morgan fingerprint density at radius 2 is 2.11 bits per heavy atom. The number of aromatic nitrogens is 2. The van der Waals surface area contributed by atoms with Crippen LogP contribution < -0.4 is 5.32 Å². The van der Waals surface area contributed by atoms with Crippen molar-refractivity contribution in [2.24, 2.45) is 11.8 Å². The van der Waals surface area contributed by atoms with Gasteiger partial charge in [-0.25, -0.2) is 0 Å². The van der Waals surface area contributed by atoms with Crippen LogP contribution in [0.3, 0.4) is 0 Å². The minimum atomic E-state index is 0.727. The van der Waals surface area contributed by atoms with Gasteiger partial charge in [0.25, 0.3) is 0 Å². The fraction of sp³-hybridized carbons (Fsp3) is 0.600. The van der Waals surface area contributed by atoms with Gasteiger partial charge in [0, 0.05) is 18.9 Å². The average molecular weight is 245 g/mol. The predicted octanol–water partition coefficient (Wildman–Crippen LogP) is 2.87. The second-order valence-corrected chi connectivity index (χ2v) is 5.58. The highest BCUT2D eigenvalue weighted by atomic mass is 14.9. The first kappa shape index (κ1) is 13.2. The van der Waals surface area contributed by atoms with Crippen molar-refractivity contribution in [2.75, 3.05) is 6.54 Å². The van der Waals surface area contributed by atoms with Crippen LogP contribution in [0.15, 0.2) is 24.0 Å².